The van der Waals surface area contributed by atoms with Gasteiger partial charge in [0, 0.05) is 13.1 Å². The lowest BCUT2D eigenvalue weighted by molar-refractivity contribution is -0.0206. The van der Waals surface area contributed by atoms with Crippen molar-refractivity contribution in [2.45, 2.75) is 19.5 Å². The van der Waals surface area contributed by atoms with E-state index < -0.39 is 5.97 Å². The van der Waals surface area contributed by atoms with Gasteiger partial charge in [0.25, 0.3) is 0 Å². The molecule has 2 heterocycles. The van der Waals surface area contributed by atoms with Gasteiger partial charge in [0.1, 0.15) is 11.5 Å². The Kier molecular flexibility index (Phi) is 4.27. The number of carbonyl (C=O) groups is 1. The fraction of sp³-hybridized carbons (Fsp3) is 0.353. The van der Waals surface area contributed by atoms with E-state index in [0.717, 1.165) is 23.6 Å². The topological polar surface area (TPSA) is 62.9 Å². The van der Waals surface area contributed by atoms with Gasteiger partial charge in [0.15, 0.2) is 0 Å². The maximum absolute atomic E-state index is 11.4. The highest BCUT2D eigenvalue weighted by Gasteiger charge is 2.28. The zero-order valence-electron chi connectivity index (χ0n) is 12.5. The molecule has 1 aromatic heterocycles. The minimum Gasteiger partial charge on any atom is -0.478 e. The lowest BCUT2D eigenvalue weighted by Crippen LogP contribution is -2.39. The Morgan fingerprint density at radius 1 is 1.32 bits per heavy atom. The van der Waals surface area contributed by atoms with Gasteiger partial charge >= 0.3 is 5.97 Å². The van der Waals surface area contributed by atoms with Crippen LogP contribution >= 0.6 is 0 Å². The van der Waals surface area contributed by atoms with Crippen LogP contribution in [0.5, 0.6) is 0 Å². The van der Waals surface area contributed by atoms with Crippen molar-refractivity contribution >= 4 is 5.97 Å². The summed E-state index contributed by atoms with van der Waals surface area (Å²) in [5.41, 5.74) is 1.16. The van der Waals surface area contributed by atoms with E-state index in [0.29, 0.717) is 25.3 Å². The van der Waals surface area contributed by atoms with Crippen molar-refractivity contribution in [2.24, 2.45) is 0 Å². The highest BCUT2D eigenvalue weighted by molar-refractivity contribution is 5.89. The van der Waals surface area contributed by atoms with Gasteiger partial charge in [-0.3, -0.25) is 4.90 Å². The predicted molar refractivity (Wildman–Crippen MR) is 80.8 cm³/mol. The monoisotopic (exact) mass is 301 g/mol. The summed E-state index contributed by atoms with van der Waals surface area (Å²) in [7, 11) is 0. The molecule has 5 heteroatoms. The number of morpholine rings is 1. The Morgan fingerprint density at radius 2 is 2.14 bits per heavy atom. The highest BCUT2D eigenvalue weighted by Crippen LogP contribution is 2.28. The molecule has 0 radical (unpaired) electrons. The minimum absolute atomic E-state index is 0.0179. The third-order valence-electron chi connectivity index (χ3n) is 3.95. The van der Waals surface area contributed by atoms with E-state index in [1.54, 1.807) is 12.1 Å². The molecule has 0 bridgehead atoms. The Balaban J connectivity index is 1.84. The summed E-state index contributed by atoms with van der Waals surface area (Å²) in [6.45, 7) is 4.43. The largest absolute Gasteiger partial charge is 0.478 e. The number of ether oxygens (including phenoxy) is 1. The molecule has 1 unspecified atom stereocenters. The number of carboxylic acids is 1. The molecule has 1 aromatic carbocycles. The lowest BCUT2D eigenvalue weighted by Gasteiger charge is -2.34. The van der Waals surface area contributed by atoms with E-state index in [4.69, 9.17) is 9.15 Å². The Bertz CT molecular complexity index is 664. The van der Waals surface area contributed by atoms with Gasteiger partial charge in [-0.1, -0.05) is 18.2 Å². The first-order valence-electron chi connectivity index (χ1n) is 7.34. The Morgan fingerprint density at radius 3 is 2.86 bits per heavy atom. The first-order chi connectivity index (χ1) is 10.6. The number of furan rings is 1. The second-order valence-electron chi connectivity index (χ2n) is 5.47. The van der Waals surface area contributed by atoms with E-state index >= 15 is 0 Å². The van der Waals surface area contributed by atoms with E-state index in [2.05, 4.69) is 4.90 Å². The smallest absolute Gasteiger partial charge is 0.336 e. The fourth-order valence-electron chi connectivity index (χ4n) is 2.81. The quantitative estimate of drug-likeness (QED) is 0.941. The SMILES string of the molecule is Cc1ccc(C2COCCN2Cc2ccccc2C(=O)O)o1. The van der Waals surface area contributed by atoms with Crippen molar-refractivity contribution in [3.8, 4) is 0 Å². The molecule has 1 atom stereocenters. The summed E-state index contributed by atoms with van der Waals surface area (Å²) >= 11 is 0. The number of aromatic carboxylic acids is 1. The van der Waals surface area contributed by atoms with Crippen molar-refractivity contribution in [3.63, 3.8) is 0 Å². The molecule has 2 aromatic rings. The number of benzene rings is 1. The number of carboxylic acid groups (broad SMARTS) is 1. The molecule has 1 N–H and O–H groups in total. The van der Waals surface area contributed by atoms with Crippen LogP contribution in [-0.2, 0) is 11.3 Å². The predicted octanol–water partition coefficient (Wildman–Crippen LogP) is 2.86. The standard InChI is InChI=1S/C17H19NO4/c1-12-6-7-16(22-12)15-11-21-9-8-18(15)10-13-4-2-3-5-14(13)17(19)20/h2-7,15H,8-11H2,1H3,(H,19,20). The summed E-state index contributed by atoms with van der Waals surface area (Å²) in [6, 6.07) is 11.0. The number of rotatable bonds is 4. The van der Waals surface area contributed by atoms with Crippen LogP contribution in [-0.4, -0.2) is 35.7 Å². The summed E-state index contributed by atoms with van der Waals surface area (Å²) in [6.07, 6.45) is 0. The van der Waals surface area contributed by atoms with Crippen molar-refractivity contribution in [1.82, 2.24) is 4.90 Å². The molecule has 3 rings (SSSR count). The maximum Gasteiger partial charge on any atom is 0.336 e. The number of hydrogen-bond acceptors (Lipinski definition) is 4. The van der Waals surface area contributed by atoms with Crippen LogP contribution in [0.3, 0.4) is 0 Å². The van der Waals surface area contributed by atoms with Gasteiger partial charge in [-0.2, -0.15) is 0 Å². The molecule has 1 aliphatic heterocycles. The van der Waals surface area contributed by atoms with Crippen LogP contribution in [0.25, 0.3) is 0 Å². The number of nitrogens with zero attached hydrogens (tertiary/aromatic N) is 1. The van der Waals surface area contributed by atoms with Crippen molar-refractivity contribution < 1.29 is 19.1 Å². The fourth-order valence-corrected chi connectivity index (χ4v) is 2.81. The van der Waals surface area contributed by atoms with Gasteiger partial charge in [0.05, 0.1) is 24.8 Å². The van der Waals surface area contributed by atoms with E-state index in [1.807, 2.05) is 31.2 Å². The molecular weight excluding hydrogens is 282 g/mol. The zero-order valence-corrected chi connectivity index (χ0v) is 12.5. The highest BCUT2D eigenvalue weighted by atomic mass is 16.5. The van der Waals surface area contributed by atoms with E-state index in [9.17, 15) is 9.90 Å². The summed E-state index contributed by atoms with van der Waals surface area (Å²) in [5, 5.41) is 9.32. The van der Waals surface area contributed by atoms with Crippen molar-refractivity contribution in [3.05, 3.63) is 59.0 Å². The molecule has 0 spiro atoms. The van der Waals surface area contributed by atoms with Crippen LogP contribution < -0.4 is 0 Å². The number of hydrogen-bond donors (Lipinski definition) is 1. The van der Waals surface area contributed by atoms with Crippen molar-refractivity contribution in [2.75, 3.05) is 19.8 Å². The molecule has 1 saturated heterocycles. The Labute approximate surface area is 129 Å². The molecule has 1 aliphatic rings. The summed E-state index contributed by atoms with van der Waals surface area (Å²) in [4.78, 5) is 13.6. The van der Waals surface area contributed by atoms with Crippen LogP contribution in [0, 0.1) is 6.92 Å². The van der Waals surface area contributed by atoms with Crippen LogP contribution in [0.2, 0.25) is 0 Å². The van der Waals surface area contributed by atoms with Crippen LogP contribution in [0.4, 0.5) is 0 Å². The van der Waals surface area contributed by atoms with Gasteiger partial charge in [-0.15, -0.1) is 0 Å². The average Bonchev–Trinajstić information content (AvgIpc) is 2.94. The second kappa shape index (κ2) is 6.34. The van der Waals surface area contributed by atoms with Crippen LogP contribution in [0.15, 0.2) is 40.8 Å². The Hall–Kier alpha value is -2.11. The molecule has 22 heavy (non-hydrogen) atoms. The molecule has 0 aliphatic carbocycles. The minimum atomic E-state index is -0.894. The van der Waals surface area contributed by atoms with E-state index in [-0.39, 0.29) is 6.04 Å². The maximum atomic E-state index is 11.4. The number of aryl methyl sites for hydroxylation is 1. The molecule has 0 saturated carbocycles. The molecule has 116 valence electrons. The van der Waals surface area contributed by atoms with Gasteiger partial charge < -0.3 is 14.3 Å². The average molecular weight is 301 g/mol. The first kappa shape index (κ1) is 14.8. The van der Waals surface area contributed by atoms with Crippen LogP contribution in [0.1, 0.15) is 33.5 Å². The van der Waals surface area contributed by atoms with Gasteiger partial charge in [0.2, 0.25) is 0 Å². The normalized spacial score (nSPS) is 19.2. The van der Waals surface area contributed by atoms with Gasteiger partial charge in [-0.05, 0) is 30.7 Å². The molecule has 1 fully saturated rings. The lowest BCUT2D eigenvalue weighted by atomic mass is 10.1. The van der Waals surface area contributed by atoms with Gasteiger partial charge in [-0.25, -0.2) is 4.79 Å². The third kappa shape index (κ3) is 3.05. The summed E-state index contributed by atoms with van der Waals surface area (Å²) in [5.74, 6) is 0.839. The summed E-state index contributed by atoms with van der Waals surface area (Å²) < 4.78 is 11.3. The second-order valence-corrected chi connectivity index (χ2v) is 5.47. The first-order valence-corrected chi connectivity index (χ1v) is 7.34. The zero-order chi connectivity index (χ0) is 15.5. The molecular formula is C17H19NO4. The third-order valence-corrected chi connectivity index (χ3v) is 3.95. The molecule has 0 amide bonds. The van der Waals surface area contributed by atoms with E-state index in [1.165, 1.54) is 0 Å². The van der Waals surface area contributed by atoms with Crippen molar-refractivity contribution in [1.29, 1.82) is 0 Å². The molecule has 5 nitrogen and oxygen atoms in total.